The van der Waals surface area contributed by atoms with Crippen LogP contribution in [0.4, 0.5) is 5.69 Å². The molecule has 0 aliphatic rings. The van der Waals surface area contributed by atoms with E-state index in [0.717, 1.165) is 17.8 Å². The molecule has 0 atom stereocenters. The minimum absolute atomic E-state index is 0.477. The predicted octanol–water partition coefficient (Wildman–Crippen LogP) is 3.24. The fraction of sp³-hybridized carbons (Fsp3) is 0.143. The summed E-state index contributed by atoms with van der Waals surface area (Å²) in [5, 5.41) is 9.34. The van der Waals surface area contributed by atoms with Crippen LogP contribution in [0.1, 0.15) is 11.1 Å². The van der Waals surface area contributed by atoms with Crippen molar-refractivity contribution in [3.05, 3.63) is 58.9 Å². The molecular weight excluding hydrogens is 246 g/mol. The molecule has 1 aromatic heterocycles. The van der Waals surface area contributed by atoms with Gasteiger partial charge >= 0.3 is 0 Å². The summed E-state index contributed by atoms with van der Waals surface area (Å²) < 4.78 is 0. The van der Waals surface area contributed by atoms with E-state index in [9.17, 15) is 0 Å². The van der Waals surface area contributed by atoms with Crippen LogP contribution in [0.15, 0.2) is 42.6 Å². The van der Waals surface area contributed by atoms with E-state index in [4.69, 9.17) is 16.9 Å². The molecule has 0 spiro atoms. The lowest BCUT2D eigenvalue weighted by Crippen LogP contribution is -2.16. The molecule has 0 radical (unpaired) electrons. The summed E-state index contributed by atoms with van der Waals surface area (Å²) in [6, 6.07) is 13.4. The molecule has 0 unspecified atom stereocenters. The maximum Gasteiger partial charge on any atom is 0.131 e. The Bertz CT molecular complexity index is 590. The van der Waals surface area contributed by atoms with Crippen molar-refractivity contribution in [2.75, 3.05) is 11.9 Å². The number of benzene rings is 1. The molecule has 2 aromatic rings. The van der Waals surface area contributed by atoms with Gasteiger partial charge in [0.05, 0.1) is 11.6 Å². The molecule has 1 heterocycles. The second-order valence-corrected chi connectivity index (χ2v) is 4.39. The Labute approximate surface area is 111 Å². The molecule has 0 aliphatic heterocycles. The molecular formula is C14H12ClN3. The molecule has 0 saturated carbocycles. The first-order chi connectivity index (χ1) is 8.69. The number of anilines is 1. The van der Waals surface area contributed by atoms with Crippen LogP contribution in [0.25, 0.3) is 0 Å². The quantitative estimate of drug-likeness (QED) is 0.793. The van der Waals surface area contributed by atoms with Crippen molar-refractivity contribution in [1.29, 1.82) is 5.26 Å². The number of rotatable bonds is 3. The van der Waals surface area contributed by atoms with E-state index in [1.165, 1.54) is 0 Å². The normalized spacial score (nSPS) is 9.83. The Kier molecular flexibility index (Phi) is 3.81. The van der Waals surface area contributed by atoms with E-state index in [0.29, 0.717) is 10.7 Å². The van der Waals surface area contributed by atoms with Gasteiger partial charge in [-0.1, -0.05) is 23.7 Å². The highest BCUT2D eigenvalue weighted by Gasteiger charge is 2.03. The number of nitrogens with zero attached hydrogens (tertiary/aromatic N) is 3. The molecule has 0 bridgehead atoms. The number of hydrogen-bond donors (Lipinski definition) is 0. The third-order valence-electron chi connectivity index (χ3n) is 2.63. The largest absolute Gasteiger partial charge is 0.370 e. The molecule has 90 valence electrons. The summed E-state index contributed by atoms with van der Waals surface area (Å²) in [5.41, 5.74) is 2.76. The highest BCUT2D eigenvalue weighted by molar-refractivity contribution is 6.29. The highest BCUT2D eigenvalue weighted by atomic mass is 35.5. The molecule has 0 saturated heterocycles. The summed E-state index contributed by atoms with van der Waals surface area (Å²) in [6.45, 7) is 0.718. The lowest BCUT2D eigenvalue weighted by atomic mass is 10.1. The molecule has 1 aromatic carbocycles. The molecule has 0 amide bonds. The Hall–Kier alpha value is -2.05. The fourth-order valence-corrected chi connectivity index (χ4v) is 1.90. The highest BCUT2D eigenvalue weighted by Crippen LogP contribution is 2.18. The first kappa shape index (κ1) is 12.4. The smallest absolute Gasteiger partial charge is 0.131 e. The van der Waals surface area contributed by atoms with Crippen molar-refractivity contribution in [2.24, 2.45) is 0 Å². The van der Waals surface area contributed by atoms with E-state index in [1.54, 1.807) is 12.3 Å². The minimum Gasteiger partial charge on any atom is -0.370 e. The number of aromatic nitrogens is 1. The summed E-state index contributed by atoms with van der Waals surface area (Å²) in [6.07, 6.45) is 1.68. The monoisotopic (exact) mass is 257 g/mol. The Balaban J connectivity index is 2.16. The molecule has 2 rings (SSSR count). The van der Waals surface area contributed by atoms with Gasteiger partial charge in [0.25, 0.3) is 0 Å². The summed E-state index contributed by atoms with van der Waals surface area (Å²) in [4.78, 5) is 6.01. The van der Waals surface area contributed by atoms with Gasteiger partial charge in [0, 0.05) is 25.5 Å². The molecule has 0 fully saturated rings. The number of pyridine rings is 1. The van der Waals surface area contributed by atoms with Crippen molar-refractivity contribution in [1.82, 2.24) is 4.98 Å². The maximum absolute atomic E-state index is 8.86. The van der Waals surface area contributed by atoms with Crippen LogP contribution < -0.4 is 4.90 Å². The van der Waals surface area contributed by atoms with E-state index in [1.807, 2.05) is 37.4 Å². The van der Waals surface area contributed by atoms with E-state index in [-0.39, 0.29) is 0 Å². The fourth-order valence-electron chi connectivity index (χ4n) is 1.73. The average molecular weight is 258 g/mol. The summed E-state index contributed by atoms with van der Waals surface area (Å²) in [5.74, 6) is 0. The van der Waals surface area contributed by atoms with Gasteiger partial charge in [0.2, 0.25) is 0 Å². The van der Waals surface area contributed by atoms with Gasteiger partial charge in [-0.25, -0.2) is 4.98 Å². The number of nitriles is 1. The van der Waals surface area contributed by atoms with Crippen LogP contribution >= 0.6 is 11.6 Å². The van der Waals surface area contributed by atoms with Gasteiger partial charge in [-0.15, -0.1) is 0 Å². The Morgan fingerprint density at radius 2 is 2.17 bits per heavy atom. The number of halogens is 1. The first-order valence-electron chi connectivity index (χ1n) is 5.51. The minimum atomic E-state index is 0.477. The molecule has 3 nitrogen and oxygen atoms in total. The van der Waals surface area contributed by atoms with Crippen LogP contribution in [0.2, 0.25) is 5.15 Å². The third kappa shape index (κ3) is 2.99. The van der Waals surface area contributed by atoms with Crippen LogP contribution in [-0.4, -0.2) is 12.0 Å². The van der Waals surface area contributed by atoms with Crippen LogP contribution in [-0.2, 0) is 6.54 Å². The van der Waals surface area contributed by atoms with Gasteiger partial charge in [-0.3, -0.25) is 0 Å². The second kappa shape index (κ2) is 5.52. The van der Waals surface area contributed by atoms with Crippen LogP contribution in [0.5, 0.6) is 0 Å². The van der Waals surface area contributed by atoms with Crippen LogP contribution in [0.3, 0.4) is 0 Å². The third-order valence-corrected chi connectivity index (χ3v) is 2.83. The van der Waals surface area contributed by atoms with E-state index in [2.05, 4.69) is 16.0 Å². The Morgan fingerprint density at radius 1 is 1.33 bits per heavy atom. The SMILES string of the molecule is CN(Cc1cccc(C#N)c1)c1ccnc(Cl)c1. The zero-order chi connectivity index (χ0) is 13.0. The van der Waals surface area contributed by atoms with Gasteiger partial charge in [0.15, 0.2) is 0 Å². The molecule has 0 N–H and O–H groups in total. The topological polar surface area (TPSA) is 39.9 Å². The molecule has 4 heteroatoms. The van der Waals surface area contributed by atoms with E-state index >= 15 is 0 Å². The van der Waals surface area contributed by atoms with Gasteiger partial charge in [-0.2, -0.15) is 5.26 Å². The maximum atomic E-state index is 8.86. The zero-order valence-corrected chi connectivity index (χ0v) is 10.7. The van der Waals surface area contributed by atoms with Gasteiger partial charge < -0.3 is 4.90 Å². The van der Waals surface area contributed by atoms with Gasteiger partial charge in [0.1, 0.15) is 5.15 Å². The summed E-state index contributed by atoms with van der Waals surface area (Å²) >= 11 is 5.86. The number of hydrogen-bond acceptors (Lipinski definition) is 3. The van der Waals surface area contributed by atoms with Crippen LogP contribution in [0, 0.1) is 11.3 Å². The lowest BCUT2D eigenvalue weighted by molar-refractivity contribution is 0.920. The average Bonchev–Trinajstić information content (AvgIpc) is 2.39. The Morgan fingerprint density at radius 3 is 2.89 bits per heavy atom. The summed E-state index contributed by atoms with van der Waals surface area (Å²) in [7, 11) is 1.98. The van der Waals surface area contributed by atoms with Crippen molar-refractivity contribution in [2.45, 2.75) is 6.54 Å². The molecule has 0 aliphatic carbocycles. The molecule has 18 heavy (non-hydrogen) atoms. The second-order valence-electron chi connectivity index (χ2n) is 4.01. The van der Waals surface area contributed by atoms with E-state index < -0.39 is 0 Å². The standard InChI is InChI=1S/C14H12ClN3/c1-18(13-5-6-17-14(15)8-13)10-12-4-2-3-11(7-12)9-16/h2-8H,10H2,1H3. The van der Waals surface area contributed by atoms with Crippen molar-refractivity contribution < 1.29 is 0 Å². The zero-order valence-electron chi connectivity index (χ0n) is 9.97. The van der Waals surface area contributed by atoms with Crippen molar-refractivity contribution >= 4 is 17.3 Å². The first-order valence-corrected chi connectivity index (χ1v) is 5.88. The van der Waals surface area contributed by atoms with Crippen molar-refractivity contribution in [3.8, 4) is 6.07 Å². The van der Waals surface area contributed by atoms with Gasteiger partial charge in [-0.05, 0) is 29.8 Å². The predicted molar refractivity (Wildman–Crippen MR) is 72.5 cm³/mol. The van der Waals surface area contributed by atoms with Crippen molar-refractivity contribution in [3.63, 3.8) is 0 Å². The lowest BCUT2D eigenvalue weighted by Gasteiger charge is -2.19.